The molecule has 1 aliphatic heterocycles. The molecule has 7 heteroatoms. The molecule has 1 heterocycles. The first-order valence-electron chi connectivity index (χ1n) is 8.49. The Bertz CT molecular complexity index is 596. The van der Waals surface area contributed by atoms with Crippen LogP contribution in [0.15, 0.2) is 24.3 Å². The monoisotopic (exact) mass is 355 g/mol. The zero-order valence-corrected chi connectivity index (χ0v) is 15.7. The summed E-state index contributed by atoms with van der Waals surface area (Å²) in [6.07, 6.45) is 0.620. The van der Waals surface area contributed by atoms with Crippen LogP contribution in [0.2, 0.25) is 0 Å². The summed E-state index contributed by atoms with van der Waals surface area (Å²) in [6, 6.07) is 8.34. The summed E-state index contributed by atoms with van der Waals surface area (Å²) in [6.45, 7) is 5.27. The highest BCUT2D eigenvalue weighted by molar-refractivity contribution is 7.89. The Morgan fingerprint density at radius 2 is 1.83 bits per heavy atom. The fourth-order valence-corrected chi connectivity index (χ4v) is 3.98. The molecule has 0 amide bonds. The van der Waals surface area contributed by atoms with Gasteiger partial charge in [0, 0.05) is 45.5 Å². The topological polar surface area (TPSA) is 61.9 Å². The predicted octanol–water partition coefficient (Wildman–Crippen LogP) is 1.46. The van der Waals surface area contributed by atoms with Gasteiger partial charge in [-0.05, 0) is 24.1 Å². The van der Waals surface area contributed by atoms with Crippen molar-refractivity contribution in [2.75, 3.05) is 57.6 Å². The van der Waals surface area contributed by atoms with E-state index < -0.39 is 10.0 Å². The summed E-state index contributed by atoms with van der Waals surface area (Å²) < 4.78 is 32.3. The molecule has 1 atom stereocenters. The van der Waals surface area contributed by atoms with E-state index in [-0.39, 0.29) is 11.8 Å². The van der Waals surface area contributed by atoms with E-state index in [9.17, 15) is 8.42 Å². The van der Waals surface area contributed by atoms with Gasteiger partial charge >= 0.3 is 0 Å². The molecule has 1 fully saturated rings. The number of hydrogen-bond donors (Lipinski definition) is 1. The number of sulfonamides is 1. The van der Waals surface area contributed by atoms with E-state index in [4.69, 9.17) is 4.74 Å². The van der Waals surface area contributed by atoms with E-state index >= 15 is 0 Å². The van der Waals surface area contributed by atoms with E-state index in [0.29, 0.717) is 26.2 Å². The first-order chi connectivity index (χ1) is 11.4. The number of nitrogens with one attached hydrogen (secondary N) is 1. The van der Waals surface area contributed by atoms with Gasteiger partial charge in [0.2, 0.25) is 10.0 Å². The lowest BCUT2D eigenvalue weighted by atomic mass is 10.0. The van der Waals surface area contributed by atoms with Gasteiger partial charge in [-0.25, -0.2) is 13.1 Å². The molecule has 2 rings (SSSR count). The third-order valence-corrected chi connectivity index (χ3v) is 5.80. The number of benzene rings is 1. The van der Waals surface area contributed by atoms with Crippen molar-refractivity contribution in [1.29, 1.82) is 0 Å². The molecule has 1 N–H and O–H groups in total. The second-order valence-electron chi connectivity index (χ2n) is 6.32. The number of ether oxygens (including phenoxy) is 1. The number of nitrogens with zero attached hydrogens (tertiary/aromatic N) is 2. The molecule has 1 saturated heterocycles. The molecule has 0 radical (unpaired) electrons. The molecule has 0 bridgehead atoms. The molecule has 1 aromatic carbocycles. The summed E-state index contributed by atoms with van der Waals surface area (Å²) in [7, 11) is 0.803. The minimum absolute atomic E-state index is 0.0248. The van der Waals surface area contributed by atoms with Crippen LogP contribution in [0.3, 0.4) is 0 Å². The van der Waals surface area contributed by atoms with Gasteiger partial charge in [-0.15, -0.1) is 0 Å². The summed E-state index contributed by atoms with van der Waals surface area (Å²) in [5, 5.41) is 0. The Labute approximate surface area is 145 Å². The SMILES string of the molecule is CCCS(=O)(=O)NCC(c1ccc(N(C)C)cc1)N1CCOCC1. The van der Waals surface area contributed by atoms with Crippen LogP contribution >= 0.6 is 0 Å². The molecular formula is C17H29N3O3S. The van der Waals surface area contributed by atoms with Gasteiger partial charge in [0.05, 0.1) is 19.0 Å². The lowest BCUT2D eigenvalue weighted by molar-refractivity contribution is 0.0172. The van der Waals surface area contributed by atoms with Gasteiger partial charge in [-0.1, -0.05) is 19.1 Å². The molecule has 24 heavy (non-hydrogen) atoms. The molecule has 0 aliphatic carbocycles. The van der Waals surface area contributed by atoms with Crippen molar-refractivity contribution < 1.29 is 13.2 Å². The Kier molecular flexibility index (Phi) is 7.03. The average molecular weight is 356 g/mol. The van der Waals surface area contributed by atoms with Gasteiger partial charge in [0.1, 0.15) is 0 Å². The maximum Gasteiger partial charge on any atom is 0.211 e. The highest BCUT2D eigenvalue weighted by Gasteiger charge is 2.24. The second kappa shape index (κ2) is 8.80. The molecular weight excluding hydrogens is 326 g/mol. The molecule has 0 saturated carbocycles. The van der Waals surface area contributed by atoms with Crippen molar-refractivity contribution in [3.8, 4) is 0 Å². The minimum atomic E-state index is -3.21. The fraction of sp³-hybridized carbons (Fsp3) is 0.647. The fourth-order valence-electron chi connectivity index (χ4n) is 2.89. The van der Waals surface area contributed by atoms with Crippen LogP contribution in [0, 0.1) is 0 Å². The summed E-state index contributed by atoms with van der Waals surface area (Å²) in [5.74, 6) is 0.169. The Morgan fingerprint density at radius 3 is 2.38 bits per heavy atom. The van der Waals surface area contributed by atoms with Gasteiger partial charge in [-0.3, -0.25) is 4.90 Å². The van der Waals surface area contributed by atoms with Crippen LogP contribution in [0.25, 0.3) is 0 Å². The van der Waals surface area contributed by atoms with Crippen LogP contribution in [0.5, 0.6) is 0 Å². The third-order valence-electron chi connectivity index (χ3n) is 4.25. The van der Waals surface area contributed by atoms with Crippen LogP contribution in [0.4, 0.5) is 5.69 Å². The normalized spacial score (nSPS) is 17.6. The van der Waals surface area contributed by atoms with Crippen molar-refractivity contribution in [2.24, 2.45) is 0 Å². The van der Waals surface area contributed by atoms with Crippen molar-refractivity contribution in [3.63, 3.8) is 0 Å². The molecule has 0 spiro atoms. The summed E-state index contributed by atoms with van der Waals surface area (Å²) >= 11 is 0. The first kappa shape index (κ1) is 19.2. The first-order valence-corrected chi connectivity index (χ1v) is 10.1. The van der Waals surface area contributed by atoms with Crippen molar-refractivity contribution in [1.82, 2.24) is 9.62 Å². The molecule has 136 valence electrons. The zero-order valence-electron chi connectivity index (χ0n) is 14.9. The van der Waals surface area contributed by atoms with Gasteiger partial charge in [0.25, 0.3) is 0 Å². The Morgan fingerprint density at radius 1 is 1.21 bits per heavy atom. The summed E-state index contributed by atoms with van der Waals surface area (Å²) in [5.41, 5.74) is 2.26. The maximum absolute atomic E-state index is 12.0. The van der Waals surface area contributed by atoms with Crippen molar-refractivity contribution >= 4 is 15.7 Å². The molecule has 1 unspecified atom stereocenters. The predicted molar refractivity (Wildman–Crippen MR) is 98.0 cm³/mol. The van der Waals surface area contributed by atoms with Gasteiger partial charge in [0.15, 0.2) is 0 Å². The number of rotatable bonds is 8. The average Bonchev–Trinajstić information content (AvgIpc) is 2.56. The second-order valence-corrected chi connectivity index (χ2v) is 8.24. The van der Waals surface area contributed by atoms with Gasteiger partial charge in [-0.2, -0.15) is 0 Å². The number of hydrogen-bond acceptors (Lipinski definition) is 5. The number of anilines is 1. The Balaban J connectivity index is 2.15. The molecule has 6 nitrogen and oxygen atoms in total. The molecule has 1 aromatic rings. The van der Waals surface area contributed by atoms with E-state index in [1.807, 2.05) is 21.0 Å². The third kappa shape index (κ3) is 5.44. The largest absolute Gasteiger partial charge is 0.379 e. The van der Waals surface area contributed by atoms with E-state index in [0.717, 1.165) is 24.3 Å². The highest BCUT2D eigenvalue weighted by Crippen LogP contribution is 2.24. The quantitative estimate of drug-likeness (QED) is 0.765. The van der Waals surface area contributed by atoms with Crippen molar-refractivity contribution in [2.45, 2.75) is 19.4 Å². The van der Waals surface area contributed by atoms with Crippen LogP contribution in [-0.2, 0) is 14.8 Å². The molecule has 1 aliphatic rings. The van der Waals surface area contributed by atoms with E-state index in [1.54, 1.807) is 0 Å². The minimum Gasteiger partial charge on any atom is -0.379 e. The van der Waals surface area contributed by atoms with E-state index in [1.165, 1.54) is 0 Å². The van der Waals surface area contributed by atoms with Crippen LogP contribution < -0.4 is 9.62 Å². The molecule has 0 aromatic heterocycles. The van der Waals surface area contributed by atoms with Crippen LogP contribution in [-0.4, -0.2) is 66.0 Å². The van der Waals surface area contributed by atoms with E-state index in [2.05, 4.69) is 38.8 Å². The highest BCUT2D eigenvalue weighted by atomic mass is 32.2. The smallest absolute Gasteiger partial charge is 0.211 e. The lowest BCUT2D eigenvalue weighted by Gasteiger charge is -2.35. The Hall–Kier alpha value is -1.15. The maximum atomic E-state index is 12.0. The van der Waals surface area contributed by atoms with Crippen LogP contribution in [0.1, 0.15) is 24.9 Å². The lowest BCUT2D eigenvalue weighted by Crippen LogP contribution is -2.44. The van der Waals surface area contributed by atoms with Crippen molar-refractivity contribution in [3.05, 3.63) is 29.8 Å². The van der Waals surface area contributed by atoms with Gasteiger partial charge < -0.3 is 9.64 Å². The summed E-state index contributed by atoms with van der Waals surface area (Å²) in [4.78, 5) is 4.35. The zero-order chi connectivity index (χ0) is 17.6. The standard InChI is InChI=1S/C17H29N3O3S/c1-4-13-24(21,22)18-14-17(20-9-11-23-12-10-20)15-5-7-16(8-6-15)19(2)3/h5-8,17-18H,4,9-14H2,1-3H3. The number of morpholine rings is 1.